The minimum Gasteiger partial charge on any atom is -0.394 e. The van der Waals surface area contributed by atoms with Gasteiger partial charge in [-0.15, -0.1) is 0 Å². The Balaban J connectivity index is 2.05. The lowest BCUT2D eigenvalue weighted by Gasteiger charge is -2.25. The highest BCUT2D eigenvalue weighted by molar-refractivity contribution is 6.31. The van der Waals surface area contributed by atoms with Crippen molar-refractivity contribution in [3.05, 3.63) is 28.8 Å². The van der Waals surface area contributed by atoms with Crippen molar-refractivity contribution in [3.8, 4) is 0 Å². The molecule has 1 fully saturated rings. The van der Waals surface area contributed by atoms with Crippen molar-refractivity contribution in [3.63, 3.8) is 0 Å². The standard InChI is InChI=1S/C15H23ClN2O/c1-2-7-17-10-12-5-6-13(9-15(12)16)18-8-3-4-14(18)11-19/h5-6,9,14,17,19H,2-4,7-8,10-11H2,1H3. The van der Waals surface area contributed by atoms with Gasteiger partial charge in [-0.25, -0.2) is 0 Å². The molecule has 19 heavy (non-hydrogen) atoms. The Bertz CT molecular complexity index is 411. The molecule has 4 heteroatoms. The van der Waals surface area contributed by atoms with E-state index in [1.54, 1.807) is 0 Å². The summed E-state index contributed by atoms with van der Waals surface area (Å²) in [5.41, 5.74) is 2.26. The molecule has 0 aromatic heterocycles. The molecule has 0 radical (unpaired) electrons. The third-order valence-electron chi connectivity index (χ3n) is 3.70. The molecular formula is C15H23ClN2O. The highest BCUT2D eigenvalue weighted by Gasteiger charge is 2.24. The fraction of sp³-hybridized carbons (Fsp3) is 0.600. The molecule has 106 valence electrons. The molecule has 1 heterocycles. The van der Waals surface area contributed by atoms with Gasteiger partial charge in [0.15, 0.2) is 0 Å². The molecule has 1 aromatic rings. The molecule has 1 atom stereocenters. The van der Waals surface area contributed by atoms with E-state index in [2.05, 4.69) is 29.3 Å². The monoisotopic (exact) mass is 282 g/mol. The first kappa shape index (κ1) is 14.6. The maximum atomic E-state index is 9.38. The van der Waals surface area contributed by atoms with Crippen molar-refractivity contribution in [2.45, 2.75) is 38.8 Å². The van der Waals surface area contributed by atoms with Crippen LogP contribution in [-0.4, -0.2) is 30.8 Å². The SMILES string of the molecule is CCCNCc1ccc(N2CCCC2CO)cc1Cl. The molecule has 1 aromatic carbocycles. The van der Waals surface area contributed by atoms with Crippen molar-refractivity contribution < 1.29 is 5.11 Å². The van der Waals surface area contributed by atoms with Gasteiger partial charge in [0.25, 0.3) is 0 Å². The summed E-state index contributed by atoms with van der Waals surface area (Å²) < 4.78 is 0. The van der Waals surface area contributed by atoms with Gasteiger partial charge in [0, 0.05) is 23.8 Å². The number of hydrogen-bond acceptors (Lipinski definition) is 3. The van der Waals surface area contributed by atoms with E-state index in [-0.39, 0.29) is 12.6 Å². The molecule has 1 aliphatic rings. The van der Waals surface area contributed by atoms with Gasteiger partial charge in [0.1, 0.15) is 0 Å². The summed E-state index contributed by atoms with van der Waals surface area (Å²) in [6.07, 6.45) is 3.33. The van der Waals surface area contributed by atoms with Gasteiger partial charge < -0.3 is 15.3 Å². The predicted octanol–water partition coefficient (Wildman–Crippen LogP) is 2.80. The van der Waals surface area contributed by atoms with Crippen LogP contribution in [0.4, 0.5) is 5.69 Å². The summed E-state index contributed by atoms with van der Waals surface area (Å²) in [7, 11) is 0. The van der Waals surface area contributed by atoms with E-state index in [0.29, 0.717) is 0 Å². The molecule has 2 rings (SSSR count). The molecule has 1 aliphatic heterocycles. The van der Waals surface area contributed by atoms with Crippen LogP contribution in [0.15, 0.2) is 18.2 Å². The molecule has 2 N–H and O–H groups in total. The zero-order chi connectivity index (χ0) is 13.7. The number of nitrogens with one attached hydrogen (secondary N) is 1. The summed E-state index contributed by atoms with van der Waals surface area (Å²) in [4.78, 5) is 2.26. The summed E-state index contributed by atoms with van der Waals surface area (Å²) >= 11 is 6.35. The molecule has 3 nitrogen and oxygen atoms in total. The summed E-state index contributed by atoms with van der Waals surface area (Å²) in [6.45, 7) is 5.21. The molecule has 0 saturated carbocycles. The smallest absolute Gasteiger partial charge is 0.0635 e. The Kier molecular flexibility index (Phi) is 5.49. The van der Waals surface area contributed by atoms with Gasteiger partial charge in [0.05, 0.1) is 12.6 Å². The number of aliphatic hydroxyl groups excluding tert-OH is 1. The van der Waals surface area contributed by atoms with E-state index >= 15 is 0 Å². The first-order chi connectivity index (χ1) is 9.26. The van der Waals surface area contributed by atoms with Crippen LogP contribution in [0.5, 0.6) is 0 Å². The lowest BCUT2D eigenvalue weighted by atomic mass is 10.1. The highest BCUT2D eigenvalue weighted by Crippen LogP contribution is 2.29. The number of hydrogen-bond donors (Lipinski definition) is 2. The number of nitrogens with zero attached hydrogens (tertiary/aromatic N) is 1. The Morgan fingerprint density at radius 2 is 2.32 bits per heavy atom. The average molecular weight is 283 g/mol. The molecule has 0 bridgehead atoms. The normalized spacial score (nSPS) is 19.1. The topological polar surface area (TPSA) is 35.5 Å². The second kappa shape index (κ2) is 7.13. The van der Waals surface area contributed by atoms with Crippen LogP contribution >= 0.6 is 11.6 Å². The highest BCUT2D eigenvalue weighted by atomic mass is 35.5. The summed E-state index contributed by atoms with van der Waals surface area (Å²) in [5.74, 6) is 0. The number of halogens is 1. The Morgan fingerprint density at radius 1 is 1.47 bits per heavy atom. The quantitative estimate of drug-likeness (QED) is 0.788. The van der Waals surface area contributed by atoms with Crippen LogP contribution in [0.1, 0.15) is 31.7 Å². The fourth-order valence-electron chi connectivity index (χ4n) is 2.62. The fourth-order valence-corrected chi connectivity index (χ4v) is 2.87. The van der Waals surface area contributed by atoms with E-state index in [1.807, 2.05) is 6.07 Å². The Morgan fingerprint density at radius 3 is 3.00 bits per heavy atom. The van der Waals surface area contributed by atoms with E-state index < -0.39 is 0 Å². The Labute approximate surface area is 120 Å². The molecular weight excluding hydrogens is 260 g/mol. The maximum Gasteiger partial charge on any atom is 0.0635 e. The van der Waals surface area contributed by atoms with Gasteiger partial charge in [-0.3, -0.25) is 0 Å². The van der Waals surface area contributed by atoms with Crippen molar-refractivity contribution >= 4 is 17.3 Å². The second-order valence-electron chi connectivity index (χ2n) is 5.12. The number of aliphatic hydroxyl groups is 1. The van der Waals surface area contributed by atoms with Crippen LogP contribution < -0.4 is 10.2 Å². The van der Waals surface area contributed by atoms with Crippen molar-refractivity contribution in [1.29, 1.82) is 0 Å². The van der Waals surface area contributed by atoms with E-state index in [4.69, 9.17) is 11.6 Å². The number of rotatable bonds is 6. The average Bonchev–Trinajstić information content (AvgIpc) is 2.89. The minimum atomic E-state index is 0.220. The van der Waals surface area contributed by atoms with Gasteiger partial charge in [0.2, 0.25) is 0 Å². The molecule has 0 aliphatic carbocycles. The maximum absolute atomic E-state index is 9.38. The number of benzene rings is 1. The third kappa shape index (κ3) is 3.62. The molecule has 0 amide bonds. The first-order valence-electron chi connectivity index (χ1n) is 7.13. The minimum absolute atomic E-state index is 0.220. The lowest BCUT2D eigenvalue weighted by molar-refractivity contribution is 0.266. The first-order valence-corrected chi connectivity index (χ1v) is 7.50. The van der Waals surface area contributed by atoms with Gasteiger partial charge in [-0.2, -0.15) is 0 Å². The van der Waals surface area contributed by atoms with Crippen molar-refractivity contribution in [2.75, 3.05) is 24.6 Å². The van der Waals surface area contributed by atoms with Gasteiger partial charge in [-0.1, -0.05) is 24.6 Å². The second-order valence-corrected chi connectivity index (χ2v) is 5.53. The Hall–Kier alpha value is -0.770. The van der Waals surface area contributed by atoms with Gasteiger partial charge in [-0.05, 0) is 43.5 Å². The van der Waals surface area contributed by atoms with Crippen LogP contribution in [-0.2, 0) is 6.54 Å². The zero-order valence-electron chi connectivity index (χ0n) is 11.5. The van der Waals surface area contributed by atoms with Crippen molar-refractivity contribution in [1.82, 2.24) is 5.32 Å². The van der Waals surface area contributed by atoms with E-state index in [0.717, 1.165) is 55.2 Å². The molecule has 0 spiro atoms. The van der Waals surface area contributed by atoms with E-state index in [9.17, 15) is 5.11 Å². The van der Waals surface area contributed by atoms with Crippen LogP contribution in [0, 0.1) is 0 Å². The summed E-state index contributed by atoms with van der Waals surface area (Å²) in [5, 5.41) is 13.6. The lowest BCUT2D eigenvalue weighted by Crippen LogP contribution is -2.32. The largest absolute Gasteiger partial charge is 0.394 e. The van der Waals surface area contributed by atoms with E-state index in [1.165, 1.54) is 0 Å². The van der Waals surface area contributed by atoms with Crippen LogP contribution in [0.3, 0.4) is 0 Å². The third-order valence-corrected chi connectivity index (χ3v) is 4.05. The zero-order valence-corrected chi connectivity index (χ0v) is 12.3. The van der Waals surface area contributed by atoms with Crippen LogP contribution in [0.2, 0.25) is 5.02 Å². The van der Waals surface area contributed by atoms with Crippen molar-refractivity contribution in [2.24, 2.45) is 0 Å². The van der Waals surface area contributed by atoms with Crippen LogP contribution in [0.25, 0.3) is 0 Å². The molecule has 1 saturated heterocycles. The summed E-state index contributed by atoms with van der Waals surface area (Å²) in [6, 6.07) is 6.48. The van der Waals surface area contributed by atoms with Gasteiger partial charge >= 0.3 is 0 Å². The molecule has 1 unspecified atom stereocenters. The number of anilines is 1. The predicted molar refractivity (Wildman–Crippen MR) is 80.9 cm³/mol.